The van der Waals surface area contributed by atoms with Crippen LogP contribution in [0.5, 0.6) is 0 Å². The molecule has 2 aliphatic heterocycles. The van der Waals surface area contributed by atoms with Crippen LogP contribution in [0.3, 0.4) is 0 Å². The number of rotatable bonds is 5. The first-order chi connectivity index (χ1) is 14.9. The van der Waals surface area contributed by atoms with E-state index >= 15 is 0 Å². The number of cyclic esters (lactones) is 1. The van der Waals surface area contributed by atoms with Crippen LogP contribution in [-0.2, 0) is 9.53 Å². The number of carbonyl (C=O) groups is 2. The molecule has 2 amide bonds. The first-order valence-electron chi connectivity index (χ1n) is 9.91. The van der Waals surface area contributed by atoms with Crippen molar-refractivity contribution in [3.8, 4) is 11.1 Å². The molecule has 1 saturated heterocycles. The van der Waals surface area contributed by atoms with E-state index in [1.807, 2.05) is 11.9 Å². The number of carbonyl (C=O) groups excluding carboxylic acids is 2. The van der Waals surface area contributed by atoms with Crippen LogP contribution in [0.15, 0.2) is 41.6 Å². The summed E-state index contributed by atoms with van der Waals surface area (Å²) in [5, 5.41) is 8.72. The summed E-state index contributed by atoms with van der Waals surface area (Å²) in [6.45, 7) is 3.40. The second kappa shape index (κ2) is 8.58. The Hall–Kier alpha value is -3.69. The molecule has 1 unspecified atom stereocenters. The van der Waals surface area contributed by atoms with Crippen LogP contribution >= 0.6 is 0 Å². The van der Waals surface area contributed by atoms with Crippen LogP contribution in [0.1, 0.15) is 6.92 Å². The molecule has 2 aromatic rings. The topological polar surface area (TPSA) is 90.4 Å². The summed E-state index contributed by atoms with van der Waals surface area (Å²) in [7, 11) is 1.95. The third-order valence-corrected chi connectivity index (χ3v) is 5.09. The summed E-state index contributed by atoms with van der Waals surface area (Å²) < 4.78 is 20.1. The van der Waals surface area contributed by atoms with E-state index < -0.39 is 18.0 Å². The normalized spacial score (nSPS) is 18.4. The molecule has 0 saturated carbocycles. The second-order valence-electron chi connectivity index (χ2n) is 7.46. The number of benzene rings is 1. The fraction of sp³-hybridized carbons (Fsp3) is 0.333. The molecule has 9 nitrogen and oxygen atoms in total. The summed E-state index contributed by atoms with van der Waals surface area (Å²) >= 11 is 0. The van der Waals surface area contributed by atoms with E-state index in [-0.39, 0.29) is 19.0 Å². The largest absolute Gasteiger partial charge is 0.442 e. The van der Waals surface area contributed by atoms with Crippen LogP contribution in [-0.4, -0.2) is 67.6 Å². The first kappa shape index (κ1) is 20.6. The lowest BCUT2D eigenvalue weighted by molar-refractivity contribution is -0.119. The molecular weight excluding hydrogens is 403 g/mol. The lowest BCUT2D eigenvalue weighted by Crippen LogP contribution is -2.35. The van der Waals surface area contributed by atoms with Crippen LogP contribution < -0.4 is 15.2 Å². The maximum absolute atomic E-state index is 14.9. The fourth-order valence-electron chi connectivity index (χ4n) is 3.39. The summed E-state index contributed by atoms with van der Waals surface area (Å²) in [6.07, 6.45) is 2.30. The van der Waals surface area contributed by atoms with Gasteiger partial charge >= 0.3 is 6.09 Å². The van der Waals surface area contributed by atoms with Crippen molar-refractivity contribution in [2.24, 2.45) is 5.10 Å². The zero-order chi connectivity index (χ0) is 22.0. The van der Waals surface area contributed by atoms with Gasteiger partial charge in [0.05, 0.1) is 25.3 Å². The number of nitrogens with zero attached hydrogens (tertiary/aromatic N) is 5. The van der Waals surface area contributed by atoms with Crippen molar-refractivity contribution in [2.75, 3.05) is 43.1 Å². The molecule has 0 radical (unpaired) electrons. The maximum atomic E-state index is 14.9. The number of hydrogen-bond acceptors (Lipinski definition) is 7. The summed E-state index contributed by atoms with van der Waals surface area (Å²) in [5.41, 5.74) is 1.40. The first-order valence-corrected chi connectivity index (χ1v) is 9.91. The van der Waals surface area contributed by atoms with E-state index in [2.05, 4.69) is 15.4 Å². The molecule has 3 heterocycles. The second-order valence-corrected chi connectivity index (χ2v) is 7.46. The minimum atomic E-state index is -0.568. The molecular formula is C21H23FN6O3. The van der Waals surface area contributed by atoms with Gasteiger partial charge in [0.1, 0.15) is 24.1 Å². The van der Waals surface area contributed by atoms with Crippen molar-refractivity contribution in [2.45, 2.75) is 13.0 Å². The van der Waals surface area contributed by atoms with Gasteiger partial charge in [-0.2, -0.15) is 5.10 Å². The Morgan fingerprint density at radius 3 is 2.77 bits per heavy atom. The van der Waals surface area contributed by atoms with Gasteiger partial charge in [-0.05, 0) is 30.3 Å². The number of likely N-dealkylation sites (N-methyl/N-ethyl adjacent to an activating group) is 1. The van der Waals surface area contributed by atoms with Crippen LogP contribution in [0.2, 0.25) is 0 Å². The number of hydrazone groups is 1. The van der Waals surface area contributed by atoms with Gasteiger partial charge in [-0.15, -0.1) is 0 Å². The predicted octanol–water partition coefficient (Wildman–Crippen LogP) is 2.04. The molecule has 10 heteroatoms. The Morgan fingerprint density at radius 2 is 2.13 bits per heavy atom. The van der Waals surface area contributed by atoms with E-state index in [1.165, 1.54) is 17.9 Å². The maximum Gasteiger partial charge on any atom is 0.414 e. The average molecular weight is 426 g/mol. The third-order valence-electron chi connectivity index (χ3n) is 5.09. The molecule has 1 N–H and O–H groups in total. The Bertz CT molecular complexity index is 1010. The Kier molecular flexibility index (Phi) is 5.70. The van der Waals surface area contributed by atoms with E-state index in [9.17, 15) is 14.0 Å². The van der Waals surface area contributed by atoms with Gasteiger partial charge in [0, 0.05) is 37.8 Å². The standard InChI is InChI=1S/C21H23FN6O3/c1-14(29)23-11-17-12-27(21(30)31-17)16-4-5-18(19(22)9-16)15-3-6-20(24-10-15)28-8-7-26(2)13-25-28/h3-6,9-10,13,17H,7-8,11-12H2,1-2H3,(H,23,29). The summed E-state index contributed by atoms with van der Waals surface area (Å²) in [6, 6.07) is 8.18. The highest BCUT2D eigenvalue weighted by Gasteiger charge is 2.32. The number of anilines is 2. The third kappa shape index (κ3) is 4.57. The molecule has 0 aliphatic carbocycles. The lowest BCUT2D eigenvalue weighted by Gasteiger charge is -2.26. The molecule has 0 bridgehead atoms. The quantitative estimate of drug-likeness (QED) is 0.787. The molecule has 4 rings (SSSR count). The highest BCUT2D eigenvalue weighted by atomic mass is 19.1. The fourth-order valence-corrected chi connectivity index (χ4v) is 3.39. The molecule has 162 valence electrons. The van der Waals surface area contributed by atoms with Crippen molar-refractivity contribution < 1.29 is 18.7 Å². The van der Waals surface area contributed by atoms with Crippen molar-refractivity contribution in [1.29, 1.82) is 0 Å². The average Bonchev–Trinajstić information content (AvgIpc) is 3.13. The van der Waals surface area contributed by atoms with Gasteiger partial charge in [0.2, 0.25) is 5.91 Å². The number of amides is 2. The predicted molar refractivity (Wildman–Crippen MR) is 114 cm³/mol. The molecule has 0 spiro atoms. The number of pyridine rings is 1. The zero-order valence-electron chi connectivity index (χ0n) is 17.3. The number of hydrogen-bond donors (Lipinski definition) is 1. The van der Waals surface area contributed by atoms with Gasteiger partial charge in [-0.3, -0.25) is 9.69 Å². The van der Waals surface area contributed by atoms with E-state index in [0.717, 1.165) is 13.1 Å². The Balaban J connectivity index is 1.47. The van der Waals surface area contributed by atoms with E-state index in [4.69, 9.17) is 4.74 Å². The SMILES string of the molecule is CC(=O)NCC1CN(c2ccc(-c3ccc(N4CCN(C)C=N4)nc3)c(F)c2)C(=O)O1. The van der Waals surface area contributed by atoms with Gasteiger partial charge in [-0.1, -0.05) is 0 Å². The highest BCUT2D eigenvalue weighted by Crippen LogP contribution is 2.29. The lowest BCUT2D eigenvalue weighted by atomic mass is 10.1. The van der Waals surface area contributed by atoms with Crippen LogP contribution in [0, 0.1) is 5.82 Å². The molecule has 1 aromatic carbocycles. The van der Waals surface area contributed by atoms with Crippen molar-refractivity contribution in [3.63, 3.8) is 0 Å². The molecule has 1 aromatic heterocycles. The van der Waals surface area contributed by atoms with Crippen LogP contribution in [0.25, 0.3) is 11.1 Å². The minimum absolute atomic E-state index is 0.205. The van der Waals surface area contributed by atoms with Gasteiger partial charge in [0.25, 0.3) is 0 Å². The van der Waals surface area contributed by atoms with E-state index in [1.54, 1.807) is 41.8 Å². The van der Waals surface area contributed by atoms with E-state index in [0.29, 0.717) is 22.6 Å². The summed E-state index contributed by atoms with van der Waals surface area (Å²) in [4.78, 5) is 30.9. The monoisotopic (exact) mass is 426 g/mol. The van der Waals surface area contributed by atoms with Crippen LogP contribution in [0.4, 0.5) is 20.7 Å². The number of halogens is 1. The zero-order valence-corrected chi connectivity index (χ0v) is 17.3. The smallest absolute Gasteiger partial charge is 0.414 e. The van der Waals surface area contributed by atoms with Gasteiger partial charge < -0.3 is 15.0 Å². The van der Waals surface area contributed by atoms with Gasteiger partial charge in [-0.25, -0.2) is 19.2 Å². The highest BCUT2D eigenvalue weighted by molar-refractivity contribution is 5.90. The van der Waals surface area contributed by atoms with Gasteiger partial charge in [0.15, 0.2) is 0 Å². The number of nitrogens with one attached hydrogen (secondary N) is 1. The molecule has 31 heavy (non-hydrogen) atoms. The Labute approximate surface area is 179 Å². The Morgan fingerprint density at radius 1 is 1.29 bits per heavy atom. The molecule has 2 aliphatic rings. The van der Waals surface area contributed by atoms with Crippen molar-refractivity contribution >= 4 is 29.8 Å². The number of ether oxygens (including phenoxy) is 1. The van der Waals surface area contributed by atoms with Crippen molar-refractivity contribution in [3.05, 3.63) is 42.3 Å². The van der Waals surface area contributed by atoms with Crippen molar-refractivity contribution in [1.82, 2.24) is 15.2 Å². The molecule has 1 atom stereocenters. The minimum Gasteiger partial charge on any atom is -0.442 e. The summed E-state index contributed by atoms with van der Waals surface area (Å²) in [5.74, 6) is 0.0156. The number of aromatic nitrogens is 1. The molecule has 1 fully saturated rings.